The highest BCUT2D eigenvalue weighted by Crippen LogP contribution is 2.07. The Bertz CT molecular complexity index is 528. The van der Waals surface area contributed by atoms with Crippen LogP contribution in [0.5, 0.6) is 0 Å². The summed E-state index contributed by atoms with van der Waals surface area (Å²) >= 11 is 0. The predicted octanol–water partition coefficient (Wildman–Crippen LogP) is -0.132. The number of imidazole rings is 1. The van der Waals surface area contributed by atoms with Crippen LogP contribution in [0.15, 0.2) is 18.5 Å². The quantitative estimate of drug-likeness (QED) is 0.667. The molecule has 2 N–H and O–H groups in total. The van der Waals surface area contributed by atoms with E-state index in [1.165, 1.54) is 0 Å². The van der Waals surface area contributed by atoms with Crippen molar-refractivity contribution >= 4 is 11.6 Å². The number of primary amides is 1. The standard InChI is InChI=1S/C9H8N4O/c1-2-3-12-4-5-13-8(12)6-7(11-13)9(10)14/h1,4-6H,3H2,(H2,10,14). The first-order valence-corrected chi connectivity index (χ1v) is 4.00. The second-order valence-electron chi connectivity index (χ2n) is 2.83. The molecule has 5 nitrogen and oxygen atoms in total. The zero-order valence-corrected chi connectivity index (χ0v) is 7.34. The summed E-state index contributed by atoms with van der Waals surface area (Å²) < 4.78 is 3.37. The Labute approximate surface area is 80.1 Å². The number of hydrogen-bond donors (Lipinski definition) is 1. The molecule has 2 heterocycles. The van der Waals surface area contributed by atoms with E-state index in [1.807, 2.05) is 0 Å². The van der Waals surface area contributed by atoms with Gasteiger partial charge in [0.15, 0.2) is 5.69 Å². The Morgan fingerprint density at radius 3 is 3.07 bits per heavy atom. The van der Waals surface area contributed by atoms with E-state index in [-0.39, 0.29) is 5.69 Å². The number of aromatic nitrogens is 3. The zero-order valence-electron chi connectivity index (χ0n) is 7.34. The molecule has 0 unspecified atom stereocenters. The molecule has 2 aromatic heterocycles. The largest absolute Gasteiger partial charge is 0.364 e. The third-order valence-corrected chi connectivity index (χ3v) is 1.91. The van der Waals surface area contributed by atoms with Crippen LogP contribution in [0.2, 0.25) is 0 Å². The summed E-state index contributed by atoms with van der Waals surface area (Å²) in [4.78, 5) is 10.8. The molecule has 0 spiro atoms. The molecule has 2 rings (SSSR count). The maximum atomic E-state index is 10.8. The minimum atomic E-state index is -0.541. The van der Waals surface area contributed by atoms with Crippen molar-refractivity contribution < 1.29 is 4.79 Å². The first kappa shape index (κ1) is 8.38. The van der Waals surface area contributed by atoms with Crippen molar-refractivity contribution in [1.29, 1.82) is 0 Å². The van der Waals surface area contributed by atoms with Crippen molar-refractivity contribution in [2.75, 3.05) is 0 Å². The van der Waals surface area contributed by atoms with Crippen molar-refractivity contribution in [1.82, 2.24) is 14.2 Å². The summed E-state index contributed by atoms with van der Waals surface area (Å²) in [6, 6.07) is 1.61. The number of nitrogens with two attached hydrogens (primary N) is 1. The fourth-order valence-electron chi connectivity index (χ4n) is 1.28. The molecule has 0 saturated carbocycles. The van der Waals surface area contributed by atoms with Crippen molar-refractivity contribution in [2.45, 2.75) is 6.54 Å². The van der Waals surface area contributed by atoms with Gasteiger partial charge in [-0.2, -0.15) is 5.10 Å². The average Bonchev–Trinajstić information content (AvgIpc) is 2.67. The summed E-state index contributed by atoms with van der Waals surface area (Å²) in [7, 11) is 0. The SMILES string of the molecule is C#CCn1ccn2nc(C(N)=O)cc12. The van der Waals surface area contributed by atoms with Crippen LogP contribution >= 0.6 is 0 Å². The lowest BCUT2D eigenvalue weighted by atomic mass is 10.4. The number of nitrogens with zero attached hydrogens (tertiary/aromatic N) is 3. The molecule has 0 aromatic carbocycles. The predicted molar refractivity (Wildman–Crippen MR) is 50.5 cm³/mol. The van der Waals surface area contributed by atoms with Crippen LogP contribution in [-0.2, 0) is 6.54 Å². The van der Waals surface area contributed by atoms with Crippen molar-refractivity contribution in [3.8, 4) is 12.3 Å². The van der Waals surface area contributed by atoms with Crippen molar-refractivity contribution in [3.63, 3.8) is 0 Å². The van der Waals surface area contributed by atoms with Gasteiger partial charge in [-0.25, -0.2) is 4.52 Å². The molecular weight excluding hydrogens is 180 g/mol. The van der Waals surface area contributed by atoms with Crippen LogP contribution in [0.25, 0.3) is 5.65 Å². The van der Waals surface area contributed by atoms with E-state index in [1.54, 1.807) is 27.5 Å². The third kappa shape index (κ3) is 1.13. The number of hydrogen-bond acceptors (Lipinski definition) is 2. The summed E-state index contributed by atoms with van der Waals surface area (Å²) in [5.74, 6) is 1.97. The molecule has 0 radical (unpaired) electrons. The monoisotopic (exact) mass is 188 g/mol. The number of carbonyl (C=O) groups is 1. The van der Waals surface area contributed by atoms with Gasteiger partial charge in [-0.1, -0.05) is 5.92 Å². The molecule has 0 aliphatic rings. The Morgan fingerprint density at radius 2 is 2.43 bits per heavy atom. The number of amides is 1. The highest BCUT2D eigenvalue weighted by Gasteiger charge is 2.09. The van der Waals surface area contributed by atoms with Gasteiger partial charge in [-0.05, 0) is 0 Å². The number of carbonyl (C=O) groups excluding carboxylic acids is 1. The van der Waals surface area contributed by atoms with Gasteiger partial charge in [-0.3, -0.25) is 4.79 Å². The maximum Gasteiger partial charge on any atom is 0.269 e. The summed E-state index contributed by atoms with van der Waals surface area (Å²) in [5, 5.41) is 3.97. The summed E-state index contributed by atoms with van der Waals surface area (Å²) in [6.45, 7) is 0.445. The highest BCUT2D eigenvalue weighted by atomic mass is 16.1. The molecule has 0 atom stereocenters. The normalized spacial score (nSPS) is 10.2. The minimum Gasteiger partial charge on any atom is -0.364 e. The van der Waals surface area contributed by atoms with Crippen LogP contribution < -0.4 is 5.73 Å². The molecule has 1 amide bonds. The lowest BCUT2D eigenvalue weighted by molar-refractivity contribution is 0.0995. The van der Waals surface area contributed by atoms with Crippen LogP contribution in [0.1, 0.15) is 10.5 Å². The van der Waals surface area contributed by atoms with E-state index >= 15 is 0 Å². The van der Waals surface area contributed by atoms with Gasteiger partial charge in [0, 0.05) is 18.5 Å². The minimum absolute atomic E-state index is 0.242. The van der Waals surface area contributed by atoms with Gasteiger partial charge in [0.25, 0.3) is 5.91 Å². The van der Waals surface area contributed by atoms with Crippen LogP contribution in [0, 0.1) is 12.3 Å². The van der Waals surface area contributed by atoms with Gasteiger partial charge in [0.05, 0.1) is 6.54 Å². The number of fused-ring (bicyclic) bond motifs is 1. The van der Waals surface area contributed by atoms with E-state index in [4.69, 9.17) is 12.2 Å². The lowest BCUT2D eigenvalue weighted by Crippen LogP contribution is -2.11. The molecule has 0 aliphatic carbocycles. The van der Waals surface area contributed by atoms with Gasteiger partial charge < -0.3 is 10.3 Å². The van der Waals surface area contributed by atoms with Crippen LogP contribution in [-0.4, -0.2) is 20.1 Å². The highest BCUT2D eigenvalue weighted by molar-refractivity contribution is 5.91. The van der Waals surface area contributed by atoms with Crippen LogP contribution in [0.4, 0.5) is 0 Å². The van der Waals surface area contributed by atoms with Crippen molar-refractivity contribution in [3.05, 3.63) is 24.2 Å². The molecule has 14 heavy (non-hydrogen) atoms. The second-order valence-corrected chi connectivity index (χ2v) is 2.83. The molecular formula is C9H8N4O. The van der Waals surface area contributed by atoms with Gasteiger partial charge in [0.1, 0.15) is 5.65 Å². The third-order valence-electron chi connectivity index (χ3n) is 1.91. The molecule has 0 bridgehead atoms. The van der Waals surface area contributed by atoms with E-state index in [0.717, 1.165) is 5.65 Å². The summed E-state index contributed by atoms with van der Waals surface area (Å²) in [6.07, 6.45) is 8.71. The topological polar surface area (TPSA) is 65.3 Å². The Balaban J connectivity index is 2.57. The Morgan fingerprint density at radius 1 is 1.64 bits per heavy atom. The Kier molecular flexibility index (Phi) is 1.75. The molecule has 0 aliphatic heterocycles. The smallest absolute Gasteiger partial charge is 0.269 e. The number of terminal acetylenes is 1. The fraction of sp³-hybridized carbons (Fsp3) is 0.111. The lowest BCUT2D eigenvalue weighted by Gasteiger charge is -1.93. The van der Waals surface area contributed by atoms with E-state index in [0.29, 0.717) is 6.54 Å². The average molecular weight is 188 g/mol. The zero-order chi connectivity index (χ0) is 10.1. The first-order chi connectivity index (χ1) is 6.72. The summed E-state index contributed by atoms with van der Waals surface area (Å²) in [5.41, 5.74) is 6.10. The van der Waals surface area contributed by atoms with Crippen LogP contribution in [0.3, 0.4) is 0 Å². The Hall–Kier alpha value is -2.22. The molecule has 70 valence electrons. The molecule has 5 heteroatoms. The van der Waals surface area contributed by atoms with E-state index in [2.05, 4.69) is 11.0 Å². The molecule has 2 aromatic rings. The van der Waals surface area contributed by atoms with Crippen molar-refractivity contribution in [2.24, 2.45) is 5.73 Å². The van der Waals surface area contributed by atoms with E-state index in [9.17, 15) is 4.79 Å². The van der Waals surface area contributed by atoms with Gasteiger partial charge >= 0.3 is 0 Å². The van der Waals surface area contributed by atoms with Gasteiger partial charge in [-0.15, -0.1) is 6.42 Å². The molecule has 0 saturated heterocycles. The second kappa shape index (κ2) is 2.92. The fourth-order valence-corrected chi connectivity index (χ4v) is 1.28. The number of rotatable bonds is 2. The van der Waals surface area contributed by atoms with Gasteiger partial charge in [0.2, 0.25) is 0 Å². The van der Waals surface area contributed by atoms with E-state index < -0.39 is 5.91 Å². The maximum absolute atomic E-state index is 10.8. The first-order valence-electron chi connectivity index (χ1n) is 4.00. The molecule has 0 fully saturated rings.